The Morgan fingerprint density at radius 2 is 2.22 bits per heavy atom. The van der Waals surface area contributed by atoms with E-state index in [0.29, 0.717) is 22.5 Å². The minimum atomic E-state index is -0.538. The van der Waals surface area contributed by atoms with Crippen molar-refractivity contribution in [3.05, 3.63) is 42.9 Å². The van der Waals surface area contributed by atoms with Crippen LogP contribution in [0.1, 0.15) is 38.2 Å². The summed E-state index contributed by atoms with van der Waals surface area (Å²) in [4.78, 5) is 27.4. The van der Waals surface area contributed by atoms with Crippen molar-refractivity contribution in [1.29, 1.82) is 0 Å². The Bertz CT molecular complexity index is 839. The molecule has 0 saturated heterocycles. The van der Waals surface area contributed by atoms with E-state index >= 15 is 0 Å². The molecule has 0 aromatic heterocycles. The van der Waals surface area contributed by atoms with Crippen LogP contribution in [0.2, 0.25) is 0 Å². The number of esters is 1. The van der Waals surface area contributed by atoms with Crippen molar-refractivity contribution in [2.24, 2.45) is 10.9 Å². The van der Waals surface area contributed by atoms with Gasteiger partial charge in [0.25, 0.3) is 5.69 Å². The highest BCUT2D eigenvalue weighted by Crippen LogP contribution is 2.49. The van der Waals surface area contributed by atoms with Crippen LogP contribution < -0.4 is 0 Å². The van der Waals surface area contributed by atoms with Gasteiger partial charge in [-0.25, -0.2) is 9.79 Å². The molecule has 7 nitrogen and oxygen atoms in total. The fourth-order valence-electron chi connectivity index (χ4n) is 3.42. The normalized spacial score (nSPS) is 22.1. The lowest BCUT2D eigenvalue weighted by molar-refractivity contribution is -0.385. The summed E-state index contributed by atoms with van der Waals surface area (Å²) in [6.07, 6.45) is 5.51. The largest absolute Gasteiger partial charge is 0.506 e. The Hall–Kier alpha value is -1.87. The molecular weight excluding hydrogens is 436 g/mol. The first-order valence-corrected chi connectivity index (χ1v) is 10.4. The fraction of sp³-hybridized carbons (Fsp3) is 0.444. The predicted octanol–water partition coefficient (Wildman–Crippen LogP) is 4.56. The molecule has 1 aliphatic carbocycles. The molecule has 144 valence electrons. The third kappa shape index (κ3) is 4.19. The zero-order chi connectivity index (χ0) is 19.6. The molecule has 1 aliphatic heterocycles. The van der Waals surface area contributed by atoms with E-state index in [0.717, 1.165) is 25.7 Å². The second-order valence-electron chi connectivity index (χ2n) is 6.37. The summed E-state index contributed by atoms with van der Waals surface area (Å²) >= 11 is 4.67. The molecule has 27 heavy (non-hydrogen) atoms. The number of hydrogen-bond donors (Lipinski definition) is 1. The van der Waals surface area contributed by atoms with E-state index in [4.69, 9.17) is 4.74 Å². The van der Waals surface area contributed by atoms with Crippen LogP contribution in [0.25, 0.3) is 0 Å². The molecule has 1 saturated carbocycles. The van der Waals surface area contributed by atoms with E-state index in [2.05, 4.69) is 20.9 Å². The first kappa shape index (κ1) is 19.9. The maximum atomic E-state index is 12.5. The number of nitrogens with zero attached hydrogens (tertiary/aromatic N) is 2. The third-order valence-electron chi connectivity index (χ3n) is 4.67. The smallest absolute Gasteiger partial charge is 0.337 e. The number of fused-ring (bicyclic) bond motifs is 1. The predicted molar refractivity (Wildman–Crippen MR) is 107 cm³/mol. The second-order valence-corrected chi connectivity index (χ2v) is 8.45. The molecule has 3 rings (SSSR count). The number of carbonyl (C=O) groups excluding carboxylic acids is 1. The summed E-state index contributed by atoms with van der Waals surface area (Å²) in [5, 5.41) is 22.1. The lowest BCUT2D eigenvalue weighted by Gasteiger charge is -2.25. The van der Waals surface area contributed by atoms with Crippen LogP contribution in [-0.4, -0.2) is 34.1 Å². The maximum absolute atomic E-state index is 12.5. The monoisotopic (exact) mass is 454 g/mol. The van der Waals surface area contributed by atoms with Crippen LogP contribution in [0.3, 0.4) is 0 Å². The highest BCUT2D eigenvalue weighted by atomic mass is 79.9. The number of aliphatic imine (C=N–C) groups is 1. The summed E-state index contributed by atoms with van der Waals surface area (Å²) in [7, 11) is 0. The van der Waals surface area contributed by atoms with Crippen molar-refractivity contribution in [2.75, 3.05) is 6.61 Å². The molecule has 2 aliphatic rings. The average Bonchev–Trinajstić information content (AvgIpc) is 3.01. The molecule has 1 N–H and O–H groups in total. The van der Waals surface area contributed by atoms with Gasteiger partial charge in [0.05, 0.1) is 21.6 Å². The van der Waals surface area contributed by atoms with Gasteiger partial charge in [-0.05, 0) is 35.7 Å². The Balaban J connectivity index is 1.97. The van der Waals surface area contributed by atoms with Gasteiger partial charge in [-0.3, -0.25) is 10.1 Å². The van der Waals surface area contributed by atoms with E-state index < -0.39 is 4.92 Å². The molecule has 0 spiro atoms. The standard InChI is InChI=1S/C18H19BrN2O5S/c1-2-26-18(23)15-12-5-3-4-6-14(12)27-17(15)20-9-10-7-11(21(24)25)8-13(19)16(10)22/h7-9,12,14,22H,2-6H2,1H3/t12-,14-/m1/s1. The second kappa shape index (κ2) is 8.43. The molecule has 1 aromatic carbocycles. The van der Waals surface area contributed by atoms with Gasteiger partial charge in [0.1, 0.15) is 10.8 Å². The van der Waals surface area contributed by atoms with Gasteiger partial charge in [-0.15, -0.1) is 11.8 Å². The van der Waals surface area contributed by atoms with Crippen LogP contribution in [0.15, 0.2) is 32.2 Å². The van der Waals surface area contributed by atoms with Crippen molar-refractivity contribution >= 4 is 45.6 Å². The zero-order valence-electron chi connectivity index (χ0n) is 14.7. The summed E-state index contributed by atoms with van der Waals surface area (Å²) in [6, 6.07) is 2.48. The number of aromatic hydroxyl groups is 1. The fourth-order valence-corrected chi connectivity index (χ4v) is 5.36. The Labute approximate surface area is 169 Å². The van der Waals surface area contributed by atoms with Gasteiger partial charge in [0.2, 0.25) is 0 Å². The third-order valence-corrected chi connectivity index (χ3v) is 6.69. The first-order valence-electron chi connectivity index (χ1n) is 8.71. The number of thioether (sulfide) groups is 1. The van der Waals surface area contributed by atoms with Crippen LogP contribution in [0.5, 0.6) is 5.75 Å². The van der Waals surface area contributed by atoms with Crippen molar-refractivity contribution in [1.82, 2.24) is 0 Å². The SMILES string of the molecule is CCOC(=O)C1=C(N=Cc2cc([N+](=O)[O-])cc(Br)c2O)S[C@@H]2CCCC[C@@H]12. The van der Waals surface area contributed by atoms with Gasteiger partial charge in [-0.2, -0.15) is 0 Å². The zero-order valence-corrected chi connectivity index (χ0v) is 17.1. The van der Waals surface area contributed by atoms with E-state index in [9.17, 15) is 20.0 Å². The number of carbonyl (C=O) groups is 1. The summed E-state index contributed by atoms with van der Waals surface area (Å²) in [5.41, 5.74) is 0.641. The molecule has 1 fully saturated rings. The molecule has 0 radical (unpaired) electrons. The number of ether oxygens (including phenoxy) is 1. The molecule has 9 heteroatoms. The summed E-state index contributed by atoms with van der Waals surface area (Å²) in [6.45, 7) is 2.06. The van der Waals surface area contributed by atoms with Crippen molar-refractivity contribution in [3.8, 4) is 5.75 Å². The van der Waals surface area contributed by atoms with Crippen LogP contribution in [0, 0.1) is 16.0 Å². The number of nitro benzene ring substituents is 1. The van der Waals surface area contributed by atoms with E-state index in [1.807, 2.05) is 0 Å². The molecule has 1 heterocycles. The Kier molecular flexibility index (Phi) is 6.21. The lowest BCUT2D eigenvalue weighted by Crippen LogP contribution is -2.24. The van der Waals surface area contributed by atoms with Crippen LogP contribution in [0.4, 0.5) is 5.69 Å². The summed E-state index contributed by atoms with van der Waals surface area (Å²) in [5.74, 6) is -0.362. The van der Waals surface area contributed by atoms with Crippen LogP contribution >= 0.6 is 27.7 Å². The van der Waals surface area contributed by atoms with Gasteiger partial charge in [-0.1, -0.05) is 12.8 Å². The van der Waals surface area contributed by atoms with E-state index in [1.54, 1.807) is 18.7 Å². The van der Waals surface area contributed by atoms with Gasteiger partial charge >= 0.3 is 5.97 Å². The molecule has 0 unspecified atom stereocenters. The number of phenolic OH excluding ortho intramolecular Hbond substituents is 1. The van der Waals surface area contributed by atoms with E-state index in [-0.39, 0.29) is 33.4 Å². The lowest BCUT2D eigenvalue weighted by atomic mass is 9.84. The summed E-state index contributed by atoms with van der Waals surface area (Å²) < 4.78 is 5.43. The average molecular weight is 455 g/mol. The topological polar surface area (TPSA) is 102 Å². The highest BCUT2D eigenvalue weighted by Gasteiger charge is 2.41. The molecule has 0 bridgehead atoms. The number of halogens is 1. The van der Waals surface area contributed by atoms with Crippen molar-refractivity contribution in [3.63, 3.8) is 0 Å². The van der Waals surface area contributed by atoms with Crippen molar-refractivity contribution in [2.45, 2.75) is 37.9 Å². The number of hydrogen-bond acceptors (Lipinski definition) is 7. The number of rotatable bonds is 5. The Morgan fingerprint density at radius 1 is 1.48 bits per heavy atom. The molecule has 1 aromatic rings. The first-order chi connectivity index (χ1) is 12.9. The molecule has 0 amide bonds. The van der Waals surface area contributed by atoms with Gasteiger partial charge < -0.3 is 9.84 Å². The van der Waals surface area contributed by atoms with E-state index in [1.165, 1.54) is 18.3 Å². The number of benzene rings is 1. The highest BCUT2D eigenvalue weighted by molar-refractivity contribution is 9.10. The molecule has 2 atom stereocenters. The van der Waals surface area contributed by atoms with Crippen LogP contribution in [-0.2, 0) is 9.53 Å². The van der Waals surface area contributed by atoms with Crippen molar-refractivity contribution < 1.29 is 19.6 Å². The number of phenols is 1. The minimum absolute atomic E-state index is 0.125. The molecular formula is C18H19BrN2O5S. The maximum Gasteiger partial charge on any atom is 0.337 e. The quantitative estimate of drug-likeness (QED) is 0.302. The van der Waals surface area contributed by atoms with Gasteiger partial charge in [0.15, 0.2) is 0 Å². The minimum Gasteiger partial charge on any atom is -0.506 e. The van der Waals surface area contributed by atoms with Gasteiger partial charge in [0, 0.05) is 35.1 Å². The Morgan fingerprint density at radius 3 is 2.93 bits per heavy atom. The number of nitro groups is 1. The number of non-ortho nitro benzene ring substituents is 1.